The van der Waals surface area contributed by atoms with Crippen molar-refractivity contribution in [3.63, 3.8) is 0 Å². The van der Waals surface area contributed by atoms with Crippen LogP contribution in [0.1, 0.15) is 0 Å². The summed E-state index contributed by atoms with van der Waals surface area (Å²) >= 11 is 3.23. The van der Waals surface area contributed by atoms with Crippen LogP contribution in [0.2, 0.25) is 0 Å². The van der Waals surface area contributed by atoms with Crippen molar-refractivity contribution in [3.8, 4) is 0 Å². The summed E-state index contributed by atoms with van der Waals surface area (Å²) in [6, 6.07) is 0. The lowest BCUT2D eigenvalue weighted by Crippen LogP contribution is -2.13. The van der Waals surface area contributed by atoms with Crippen LogP contribution in [0, 0.1) is 10.1 Å². The minimum atomic E-state index is -0.408. The Labute approximate surface area is 97.2 Å². The number of ether oxygens (including phenoxy) is 3. The molecule has 0 radical (unpaired) electrons. The summed E-state index contributed by atoms with van der Waals surface area (Å²) in [5.74, 6) is 0. The van der Waals surface area contributed by atoms with E-state index in [-0.39, 0.29) is 13.2 Å². The highest BCUT2D eigenvalue weighted by Crippen LogP contribution is 1.84. The Morgan fingerprint density at radius 2 is 1.40 bits per heavy atom. The van der Waals surface area contributed by atoms with Crippen LogP contribution in [0.15, 0.2) is 0 Å². The van der Waals surface area contributed by atoms with Gasteiger partial charge in [0.25, 0.3) is 0 Å². The third kappa shape index (κ3) is 13.8. The van der Waals surface area contributed by atoms with Crippen molar-refractivity contribution in [1.82, 2.24) is 0 Å². The van der Waals surface area contributed by atoms with Gasteiger partial charge in [0.05, 0.1) is 33.0 Å². The zero-order valence-electron chi connectivity index (χ0n) is 8.52. The summed E-state index contributed by atoms with van der Waals surface area (Å²) in [6.07, 6.45) is 0. The monoisotopic (exact) mass is 285 g/mol. The fourth-order valence-corrected chi connectivity index (χ4v) is 0.964. The fourth-order valence-electron chi connectivity index (χ4n) is 0.736. The molecule has 0 spiro atoms. The molecule has 7 heteroatoms. The van der Waals surface area contributed by atoms with Crippen molar-refractivity contribution in [2.24, 2.45) is 0 Å². The molecule has 0 saturated heterocycles. The summed E-state index contributed by atoms with van der Waals surface area (Å²) in [5.41, 5.74) is 0. The Morgan fingerprint density at radius 3 is 1.87 bits per heavy atom. The van der Waals surface area contributed by atoms with Gasteiger partial charge >= 0.3 is 0 Å². The van der Waals surface area contributed by atoms with Gasteiger partial charge in [-0.25, -0.2) is 0 Å². The van der Waals surface area contributed by atoms with Gasteiger partial charge in [0, 0.05) is 10.3 Å². The molecular formula is C8H16BrNO5. The molecule has 0 bridgehead atoms. The average molecular weight is 286 g/mol. The average Bonchev–Trinajstić information content (AvgIpc) is 2.20. The fraction of sp³-hybridized carbons (Fsp3) is 1.00. The van der Waals surface area contributed by atoms with Crippen LogP contribution in [0.3, 0.4) is 0 Å². The molecule has 0 saturated carbocycles. The predicted molar refractivity (Wildman–Crippen MR) is 58.1 cm³/mol. The summed E-state index contributed by atoms with van der Waals surface area (Å²) in [6.45, 7) is 2.54. The lowest BCUT2D eigenvalue weighted by atomic mass is 10.7. The topological polar surface area (TPSA) is 70.8 Å². The first-order valence-electron chi connectivity index (χ1n) is 4.68. The Bertz CT molecular complexity index is 158. The molecule has 0 unspecified atom stereocenters. The van der Waals surface area contributed by atoms with Gasteiger partial charge in [-0.05, 0) is 0 Å². The normalized spacial score (nSPS) is 10.5. The van der Waals surface area contributed by atoms with Crippen molar-refractivity contribution < 1.29 is 19.1 Å². The molecule has 15 heavy (non-hydrogen) atoms. The van der Waals surface area contributed by atoms with Gasteiger partial charge < -0.3 is 14.2 Å². The molecule has 0 aromatic heterocycles. The summed E-state index contributed by atoms with van der Waals surface area (Å²) < 4.78 is 15.2. The number of nitro groups is 1. The zero-order chi connectivity index (χ0) is 11.4. The first-order valence-corrected chi connectivity index (χ1v) is 5.80. The van der Waals surface area contributed by atoms with Gasteiger partial charge in [-0.2, -0.15) is 0 Å². The van der Waals surface area contributed by atoms with Gasteiger partial charge in [-0.15, -0.1) is 0 Å². The highest BCUT2D eigenvalue weighted by Gasteiger charge is 1.96. The second-order valence-corrected chi connectivity index (χ2v) is 3.38. The number of hydrogen-bond donors (Lipinski definition) is 0. The Balaban J connectivity index is 2.89. The lowest BCUT2D eigenvalue weighted by molar-refractivity contribution is -0.483. The highest BCUT2D eigenvalue weighted by molar-refractivity contribution is 9.09. The van der Waals surface area contributed by atoms with Crippen molar-refractivity contribution in [2.75, 3.05) is 51.5 Å². The smallest absolute Gasteiger partial charge is 0.226 e. The molecule has 0 atom stereocenters. The number of hydrogen-bond acceptors (Lipinski definition) is 5. The van der Waals surface area contributed by atoms with E-state index in [0.717, 1.165) is 5.33 Å². The molecule has 0 aliphatic rings. The van der Waals surface area contributed by atoms with Crippen molar-refractivity contribution in [2.45, 2.75) is 0 Å². The van der Waals surface area contributed by atoms with Crippen LogP contribution in [-0.2, 0) is 14.2 Å². The minimum absolute atomic E-state index is 0.135. The van der Waals surface area contributed by atoms with E-state index < -0.39 is 4.92 Å². The van der Waals surface area contributed by atoms with Crippen LogP contribution in [0.5, 0.6) is 0 Å². The number of nitrogens with zero attached hydrogens (tertiary/aromatic N) is 1. The van der Waals surface area contributed by atoms with Crippen LogP contribution in [-0.4, -0.2) is 56.4 Å². The van der Waals surface area contributed by atoms with E-state index in [2.05, 4.69) is 15.9 Å². The molecule has 0 aromatic carbocycles. The van der Waals surface area contributed by atoms with Crippen LogP contribution < -0.4 is 0 Å². The first-order chi connectivity index (χ1) is 7.27. The number of halogens is 1. The second kappa shape index (κ2) is 11.8. The Morgan fingerprint density at radius 1 is 0.933 bits per heavy atom. The van der Waals surface area contributed by atoms with Gasteiger partial charge in [0.2, 0.25) is 6.54 Å². The van der Waals surface area contributed by atoms with E-state index in [4.69, 9.17) is 14.2 Å². The van der Waals surface area contributed by atoms with E-state index in [1.807, 2.05) is 0 Å². The van der Waals surface area contributed by atoms with Crippen molar-refractivity contribution >= 4 is 15.9 Å². The molecule has 0 aliphatic heterocycles. The quantitative estimate of drug-likeness (QED) is 0.242. The zero-order valence-corrected chi connectivity index (χ0v) is 10.1. The predicted octanol–water partition coefficient (Wildman–Crippen LogP) is 0.708. The summed E-state index contributed by atoms with van der Waals surface area (Å²) in [7, 11) is 0. The molecule has 90 valence electrons. The maximum absolute atomic E-state index is 9.91. The Kier molecular flexibility index (Phi) is 11.6. The number of alkyl halides is 1. The molecule has 0 heterocycles. The van der Waals surface area contributed by atoms with Crippen molar-refractivity contribution in [3.05, 3.63) is 10.1 Å². The summed E-state index contributed by atoms with van der Waals surface area (Å²) in [4.78, 5) is 9.50. The van der Waals surface area contributed by atoms with Gasteiger partial charge in [-0.1, -0.05) is 15.9 Å². The van der Waals surface area contributed by atoms with E-state index in [1.165, 1.54) is 0 Å². The van der Waals surface area contributed by atoms with E-state index in [1.54, 1.807) is 0 Å². The second-order valence-electron chi connectivity index (χ2n) is 2.58. The van der Waals surface area contributed by atoms with E-state index >= 15 is 0 Å². The van der Waals surface area contributed by atoms with Gasteiger partial charge in [0.1, 0.15) is 6.61 Å². The molecule has 0 rings (SSSR count). The molecule has 6 nitrogen and oxygen atoms in total. The van der Waals surface area contributed by atoms with Crippen molar-refractivity contribution in [1.29, 1.82) is 0 Å². The summed E-state index contributed by atoms with van der Waals surface area (Å²) in [5, 5.41) is 10.7. The van der Waals surface area contributed by atoms with Crippen LogP contribution in [0.25, 0.3) is 0 Å². The van der Waals surface area contributed by atoms with E-state index in [9.17, 15) is 10.1 Å². The molecule has 0 fully saturated rings. The van der Waals surface area contributed by atoms with E-state index in [0.29, 0.717) is 33.0 Å². The van der Waals surface area contributed by atoms with Crippen LogP contribution in [0.4, 0.5) is 0 Å². The molecule has 0 aromatic rings. The molecule has 0 aliphatic carbocycles. The first kappa shape index (κ1) is 14.8. The minimum Gasteiger partial charge on any atom is -0.378 e. The molecule has 0 amide bonds. The maximum Gasteiger partial charge on any atom is 0.226 e. The Hall–Kier alpha value is -0.240. The standard InChI is InChI=1S/C8H16BrNO5/c9-1-3-13-5-7-15-8-6-14-4-2-10(11)12/h1-8H2. The third-order valence-corrected chi connectivity index (χ3v) is 1.71. The SMILES string of the molecule is O=[N+]([O-])CCOCCOCCOCCBr. The third-order valence-electron chi connectivity index (χ3n) is 1.38. The molecular weight excluding hydrogens is 270 g/mol. The highest BCUT2D eigenvalue weighted by atomic mass is 79.9. The van der Waals surface area contributed by atoms with Gasteiger partial charge in [-0.3, -0.25) is 10.1 Å². The van der Waals surface area contributed by atoms with Gasteiger partial charge in [0.15, 0.2) is 0 Å². The number of rotatable bonds is 11. The largest absolute Gasteiger partial charge is 0.378 e. The maximum atomic E-state index is 9.91. The lowest BCUT2D eigenvalue weighted by Gasteiger charge is -2.04. The molecule has 0 N–H and O–H groups in total. The van der Waals surface area contributed by atoms with Crippen LogP contribution >= 0.6 is 15.9 Å².